The molecule has 1 saturated heterocycles. The monoisotopic (exact) mass is 283 g/mol. The fourth-order valence-electron chi connectivity index (χ4n) is 2.61. The highest BCUT2D eigenvalue weighted by atomic mass is 32.2. The molecule has 18 heavy (non-hydrogen) atoms. The molecule has 0 aliphatic carbocycles. The Morgan fingerprint density at radius 1 is 1.56 bits per heavy atom. The lowest BCUT2D eigenvalue weighted by molar-refractivity contribution is 0.370. The van der Waals surface area contributed by atoms with Gasteiger partial charge in [0.15, 0.2) is 20.3 Å². The largest absolute Gasteiger partial charge is 0.329 e. The van der Waals surface area contributed by atoms with Gasteiger partial charge in [-0.05, 0) is 37.7 Å². The zero-order chi connectivity index (χ0) is 13.0. The zero-order valence-electron chi connectivity index (χ0n) is 9.88. The van der Waals surface area contributed by atoms with Crippen LogP contribution in [0.2, 0.25) is 0 Å². The van der Waals surface area contributed by atoms with Gasteiger partial charge in [0.05, 0.1) is 22.6 Å². The normalized spacial score (nSPS) is 26.7. The van der Waals surface area contributed by atoms with Crippen molar-refractivity contribution in [1.29, 1.82) is 0 Å². The van der Waals surface area contributed by atoms with Gasteiger partial charge in [-0.15, -0.1) is 0 Å². The number of rotatable bonds is 1. The van der Waals surface area contributed by atoms with Crippen LogP contribution in [0.25, 0.3) is 11.2 Å². The number of nitrogens with zero attached hydrogens (tertiary/aromatic N) is 2. The molecule has 1 N–H and O–H groups in total. The second-order valence-electron chi connectivity index (χ2n) is 4.98. The molecule has 3 heterocycles. The first-order valence-electron chi connectivity index (χ1n) is 5.68. The molecule has 1 unspecified atom stereocenters. The molecule has 0 amide bonds. The summed E-state index contributed by atoms with van der Waals surface area (Å²) in [5.74, 6) is 0.336. The number of aromatic amines is 1. The third-order valence-electron chi connectivity index (χ3n) is 3.47. The maximum Gasteiger partial charge on any atom is 0.179 e. The number of H-pyrrole nitrogens is 1. The minimum absolute atomic E-state index is 0.123. The van der Waals surface area contributed by atoms with Crippen molar-refractivity contribution in [3.63, 3.8) is 0 Å². The molecule has 1 aliphatic rings. The molecule has 0 saturated carbocycles. The topological polar surface area (TPSA) is 67.8 Å². The summed E-state index contributed by atoms with van der Waals surface area (Å²) in [6.07, 6.45) is 2.27. The molecule has 0 aromatic carbocycles. The van der Waals surface area contributed by atoms with Crippen molar-refractivity contribution >= 4 is 33.2 Å². The van der Waals surface area contributed by atoms with Crippen LogP contribution in [0.15, 0.2) is 18.3 Å². The summed E-state index contributed by atoms with van der Waals surface area (Å²) in [7, 11) is -2.97. The molecular formula is C11H13N3O2S2. The van der Waals surface area contributed by atoms with E-state index < -0.39 is 15.4 Å². The van der Waals surface area contributed by atoms with Crippen molar-refractivity contribution in [3.05, 3.63) is 23.1 Å². The van der Waals surface area contributed by atoms with Gasteiger partial charge in [0.2, 0.25) is 0 Å². The van der Waals surface area contributed by atoms with Crippen LogP contribution in [0.3, 0.4) is 0 Å². The highest BCUT2D eigenvalue weighted by Crippen LogP contribution is 2.33. The summed E-state index contributed by atoms with van der Waals surface area (Å²) >= 11 is 5.31. The second kappa shape index (κ2) is 3.64. The van der Waals surface area contributed by atoms with E-state index >= 15 is 0 Å². The third-order valence-corrected chi connectivity index (χ3v) is 5.64. The molecule has 2 aromatic heterocycles. The number of hydrogen-bond acceptors (Lipinski definition) is 4. The summed E-state index contributed by atoms with van der Waals surface area (Å²) in [5.41, 5.74) is 1.07. The third kappa shape index (κ3) is 1.69. The summed E-state index contributed by atoms with van der Waals surface area (Å²) in [6.45, 7) is 1.93. The fourth-order valence-corrected chi connectivity index (χ4v) is 5.14. The van der Waals surface area contributed by atoms with Gasteiger partial charge in [0, 0.05) is 6.20 Å². The molecule has 0 spiro atoms. The fraction of sp³-hybridized carbons (Fsp3) is 0.455. The molecule has 0 radical (unpaired) electrons. The highest BCUT2D eigenvalue weighted by molar-refractivity contribution is 7.91. The van der Waals surface area contributed by atoms with Gasteiger partial charge in [-0.3, -0.25) is 4.57 Å². The molecule has 96 valence electrons. The van der Waals surface area contributed by atoms with E-state index in [0.29, 0.717) is 11.2 Å². The molecule has 1 aliphatic heterocycles. The van der Waals surface area contributed by atoms with Crippen molar-refractivity contribution < 1.29 is 8.42 Å². The van der Waals surface area contributed by atoms with Crippen molar-refractivity contribution in [1.82, 2.24) is 14.5 Å². The van der Waals surface area contributed by atoms with Crippen molar-refractivity contribution in [2.75, 3.05) is 11.5 Å². The van der Waals surface area contributed by atoms with E-state index in [1.54, 1.807) is 6.20 Å². The molecule has 5 nitrogen and oxygen atoms in total. The van der Waals surface area contributed by atoms with Gasteiger partial charge in [0.25, 0.3) is 0 Å². The van der Waals surface area contributed by atoms with Crippen LogP contribution in [0.5, 0.6) is 0 Å². The first-order valence-corrected chi connectivity index (χ1v) is 7.91. The van der Waals surface area contributed by atoms with Crippen LogP contribution < -0.4 is 0 Å². The predicted octanol–water partition coefficient (Wildman–Crippen LogP) is 1.63. The highest BCUT2D eigenvalue weighted by Gasteiger charge is 2.41. The van der Waals surface area contributed by atoms with E-state index in [1.165, 1.54) is 0 Å². The first-order chi connectivity index (χ1) is 8.41. The van der Waals surface area contributed by atoms with Crippen molar-refractivity contribution in [2.24, 2.45) is 0 Å². The van der Waals surface area contributed by atoms with Crippen LogP contribution in [0, 0.1) is 4.77 Å². The Bertz CT molecular complexity index is 775. The Morgan fingerprint density at radius 2 is 2.33 bits per heavy atom. The summed E-state index contributed by atoms with van der Waals surface area (Å²) in [5, 5.41) is 0. The molecule has 0 bridgehead atoms. The summed E-state index contributed by atoms with van der Waals surface area (Å²) in [4.78, 5) is 7.39. The lowest BCUT2D eigenvalue weighted by Crippen LogP contribution is -2.31. The molecule has 3 rings (SSSR count). The minimum Gasteiger partial charge on any atom is -0.329 e. The Kier molecular flexibility index (Phi) is 2.40. The second-order valence-corrected chi connectivity index (χ2v) is 7.55. The Balaban J connectivity index is 2.27. The van der Waals surface area contributed by atoms with Gasteiger partial charge in [-0.1, -0.05) is 0 Å². The van der Waals surface area contributed by atoms with Gasteiger partial charge in [0.1, 0.15) is 0 Å². The van der Waals surface area contributed by atoms with Gasteiger partial charge < -0.3 is 4.98 Å². The smallest absolute Gasteiger partial charge is 0.179 e. The zero-order valence-corrected chi connectivity index (χ0v) is 11.5. The molecule has 2 aromatic rings. The Morgan fingerprint density at radius 3 is 3.00 bits per heavy atom. The lowest BCUT2D eigenvalue weighted by atomic mass is 10.0. The average molecular weight is 283 g/mol. The van der Waals surface area contributed by atoms with E-state index in [1.807, 2.05) is 23.6 Å². The summed E-state index contributed by atoms with van der Waals surface area (Å²) < 4.78 is 25.8. The number of pyridine rings is 1. The molecule has 1 atom stereocenters. The molecule has 7 heteroatoms. The quantitative estimate of drug-likeness (QED) is 0.808. The number of imidazole rings is 1. The number of fused-ring (bicyclic) bond motifs is 1. The Hall–Kier alpha value is -1.21. The molecular weight excluding hydrogens is 270 g/mol. The predicted molar refractivity (Wildman–Crippen MR) is 71.8 cm³/mol. The van der Waals surface area contributed by atoms with Gasteiger partial charge >= 0.3 is 0 Å². The maximum absolute atomic E-state index is 11.7. The number of sulfone groups is 1. The Labute approximate surface area is 110 Å². The minimum atomic E-state index is -2.97. The van der Waals surface area contributed by atoms with Gasteiger partial charge in [-0.2, -0.15) is 0 Å². The van der Waals surface area contributed by atoms with Crippen LogP contribution in [-0.2, 0) is 15.4 Å². The van der Waals surface area contributed by atoms with E-state index in [-0.39, 0.29) is 11.5 Å². The summed E-state index contributed by atoms with van der Waals surface area (Å²) in [6, 6.07) is 3.72. The molecule has 1 fully saturated rings. The van der Waals surface area contributed by atoms with Gasteiger partial charge in [-0.25, -0.2) is 13.4 Å². The van der Waals surface area contributed by atoms with E-state index in [4.69, 9.17) is 12.2 Å². The maximum atomic E-state index is 11.7. The average Bonchev–Trinajstić information content (AvgIpc) is 2.75. The van der Waals surface area contributed by atoms with Crippen LogP contribution in [0.4, 0.5) is 0 Å². The van der Waals surface area contributed by atoms with Crippen molar-refractivity contribution in [2.45, 2.75) is 18.9 Å². The SMILES string of the molecule is CC1(n2c(=S)[nH]c3cccnc32)CCS(=O)(=O)C1. The van der Waals surface area contributed by atoms with Crippen molar-refractivity contribution in [3.8, 4) is 0 Å². The first kappa shape index (κ1) is 11.9. The standard InChI is InChI=1S/C11H13N3O2S2/c1-11(4-6-18(15,16)7-11)14-9-8(13-10(14)17)3-2-5-12-9/h2-3,5H,4,6-7H2,1H3,(H,13,17). The van der Waals surface area contributed by atoms with E-state index in [0.717, 1.165) is 11.2 Å². The van der Waals surface area contributed by atoms with Crippen LogP contribution >= 0.6 is 12.2 Å². The number of aromatic nitrogens is 3. The van der Waals surface area contributed by atoms with E-state index in [9.17, 15) is 8.42 Å². The lowest BCUT2D eigenvalue weighted by Gasteiger charge is -2.24. The number of nitrogens with one attached hydrogen (secondary N) is 1. The van der Waals surface area contributed by atoms with E-state index in [2.05, 4.69) is 9.97 Å². The number of hydrogen-bond donors (Lipinski definition) is 1. The van der Waals surface area contributed by atoms with Crippen LogP contribution in [-0.4, -0.2) is 34.5 Å². The van der Waals surface area contributed by atoms with Crippen LogP contribution in [0.1, 0.15) is 13.3 Å².